The molecule has 0 spiro atoms. The fraction of sp³-hybridized carbons (Fsp3) is 0.909. The van der Waals surface area contributed by atoms with Gasteiger partial charge in [0.05, 0.1) is 29.5 Å². The Labute approximate surface area is 118 Å². The lowest BCUT2D eigenvalue weighted by molar-refractivity contribution is -0.123. The number of piperazine rings is 1. The molecule has 0 aromatic carbocycles. The molecule has 110 valence electrons. The van der Waals surface area contributed by atoms with Gasteiger partial charge in [0.1, 0.15) is 0 Å². The van der Waals surface area contributed by atoms with Crippen LogP contribution < -0.4 is 10.6 Å². The smallest absolute Gasteiger partial charge is 0.234 e. The minimum absolute atomic E-state index is 0.0507. The molecule has 0 bridgehead atoms. The molecule has 3 unspecified atom stereocenters. The van der Waals surface area contributed by atoms with E-state index in [1.807, 2.05) is 0 Å². The summed E-state index contributed by atoms with van der Waals surface area (Å²) in [4.78, 5) is 14.0. The SMILES string of the molecule is CC1CN(CC(=O)NC2CS(=O)(=O)CC2Cl)CCN1. The summed E-state index contributed by atoms with van der Waals surface area (Å²) < 4.78 is 22.8. The Kier molecular flexibility index (Phi) is 4.70. The van der Waals surface area contributed by atoms with Gasteiger partial charge in [0.2, 0.25) is 5.91 Å². The molecule has 2 rings (SSSR count). The molecule has 0 aromatic rings. The van der Waals surface area contributed by atoms with E-state index in [1.54, 1.807) is 0 Å². The van der Waals surface area contributed by atoms with Crippen molar-refractivity contribution in [1.29, 1.82) is 0 Å². The third-order valence-electron chi connectivity index (χ3n) is 3.45. The van der Waals surface area contributed by atoms with Crippen molar-refractivity contribution >= 4 is 27.3 Å². The van der Waals surface area contributed by atoms with Crippen molar-refractivity contribution in [2.24, 2.45) is 0 Å². The van der Waals surface area contributed by atoms with Crippen molar-refractivity contribution in [2.75, 3.05) is 37.7 Å². The summed E-state index contributed by atoms with van der Waals surface area (Å²) in [6.45, 7) is 4.88. The predicted octanol–water partition coefficient (Wildman–Crippen LogP) is -1.20. The number of alkyl halides is 1. The van der Waals surface area contributed by atoms with E-state index in [9.17, 15) is 13.2 Å². The average Bonchev–Trinajstić information content (AvgIpc) is 2.51. The minimum atomic E-state index is -3.10. The van der Waals surface area contributed by atoms with E-state index in [-0.39, 0.29) is 17.4 Å². The van der Waals surface area contributed by atoms with E-state index in [0.29, 0.717) is 12.6 Å². The van der Waals surface area contributed by atoms with Crippen molar-refractivity contribution in [2.45, 2.75) is 24.4 Å². The van der Waals surface area contributed by atoms with E-state index in [4.69, 9.17) is 11.6 Å². The van der Waals surface area contributed by atoms with Gasteiger partial charge in [-0.3, -0.25) is 9.69 Å². The summed E-state index contributed by atoms with van der Waals surface area (Å²) in [6.07, 6.45) is 0. The van der Waals surface area contributed by atoms with Gasteiger partial charge in [-0.25, -0.2) is 8.42 Å². The summed E-state index contributed by atoms with van der Waals surface area (Å²) in [5, 5.41) is 5.52. The van der Waals surface area contributed by atoms with Crippen LogP contribution in [-0.4, -0.2) is 74.4 Å². The van der Waals surface area contributed by atoms with Crippen LogP contribution in [0.4, 0.5) is 0 Å². The standard InChI is InChI=1S/C11H20ClN3O3S/c1-8-4-15(3-2-13-8)5-11(16)14-10-7-19(17,18)6-9(10)12/h8-10,13H,2-7H2,1H3,(H,14,16). The first-order valence-corrected chi connectivity index (χ1v) is 8.71. The summed E-state index contributed by atoms with van der Waals surface area (Å²) in [7, 11) is -3.10. The number of nitrogens with zero attached hydrogens (tertiary/aromatic N) is 1. The van der Waals surface area contributed by atoms with Crippen LogP contribution in [0, 0.1) is 0 Å². The third-order valence-corrected chi connectivity index (χ3v) is 5.83. The molecule has 2 aliphatic rings. The number of carbonyl (C=O) groups excluding carboxylic acids is 1. The Bertz CT molecular complexity index is 442. The summed E-state index contributed by atoms with van der Waals surface area (Å²) in [5.41, 5.74) is 0. The monoisotopic (exact) mass is 309 g/mol. The van der Waals surface area contributed by atoms with E-state index >= 15 is 0 Å². The van der Waals surface area contributed by atoms with E-state index < -0.39 is 21.3 Å². The number of sulfone groups is 1. The van der Waals surface area contributed by atoms with Crippen LogP contribution in [0.25, 0.3) is 0 Å². The highest BCUT2D eigenvalue weighted by Crippen LogP contribution is 2.17. The van der Waals surface area contributed by atoms with Gasteiger partial charge in [-0.2, -0.15) is 0 Å². The molecule has 0 aromatic heterocycles. The lowest BCUT2D eigenvalue weighted by atomic mass is 10.2. The van der Waals surface area contributed by atoms with Crippen molar-refractivity contribution < 1.29 is 13.2 Å². The normalized spacial score (nSPS) is 35.2. The van der Waals surface area contributed by atoms with Gasteiger partial charge in [0.25, 0.3) is 0 Å². The molecule has 2 N–H and O–H groups in total. The Morgan fingerprint density at radius 3 is 2.79 bits per heavy atom. The van der Waals surface area contributed by atoms with Gasteiger partial charge in [0.15, 0.2) is 9.84 Å². The summed E-state index contributed by atoms with van der Waals surface area (Å²) >= 11 is 5.96. The van der Waals surface area contributed by atoms with Crippen molar-refractivity contribution in [1.82, 2.24) is 15.5 Å². The van der Waals surface area contributed by atoms with Gasteiger partial charge >= 0.3 is 0 Å². The molecule has 6 nitrogen and oxygen atoms in total. The number of halogens is 1. The Balaban J connectivity index is 1.81. The van der Waals surface area contributed by atoms with E-state index in [1.165, 1.54) is 0 Å². The zero-order valence-corrected chi connectivity index (χ0v) is 12.5. The molecule has 2 heterocycles. The van der Waals surface area contributed by atoms with Gasteiger partial charge in [-0.05, 0) is 6.92 Å². The first kappa shape index (κ1) is 15.0. The second-order valence-corrected chi connectivity index (χ2v) is 8.07. The molecule has 19 heavy (non-hydrogen) atoms. The van der Waals surface area contributed by atoms with Gasteiger partial charge in [-0.1, -0.05) is 0 Å². The van der Waals surface area contributed by atoms with Crippen LogP contribution in [-0.2, 0) is 14.6 Å². The molecule has 2 fully saturated rings. The van der Waals surface area contributed by atoms with Crippen LogP contribution in [0.1, 0.15) is 6.92 Å². The minimum Gasteiger partial charge on any atom is -0.350 e. The molecular weight excluding hydrogens is 290 g/mol. The maximum absolute atomic E-state index is 11.9. The molecular formula is C11H20ClN3O3S. The molecule has 3 atom stereocenters. The lowest BCUT2D eigenvalue weighted by Crippen LogP contribution is -2.53. The summed E-state index contributed by atoms with van der Waals surface area (Å²) in [6, 6.07) is -0.0892. The average molecular weight is 310 g/mol. The second kappa shape index (κ2) is 5.95. The third kappa shape index (κ3) is 4.30. The van der Waals surface area contributed by atoms with Crippen LogP contribution in [0.15, 0.2) is 0 Å². The lowest BCUT2D eigenvalue weighted by Gasteiger charge is -2.31. The highest BCUT2D eigenvalue weighted by Gasteiger charge is 2.37. The number of hydrogen-bond acceptors (Lipinski definition) is 5. The second-order valence-electron chi connectivity index (χ2n) is 5.36. The molecule has 8 heteroatoms. The van der Waals surface area contributed by atoms with Crippen molar-refractivity contribution in [3.05, 3.63) is 0 Å². The fourth-order valence-electron chi connectivity index (χ4n) is 2.55. The number of amides is 1. The van der Waals surface area contributed by atoms with E-state index in [0.717, 1.165) is 19.6 Å². The maximum atomic E-state index is 11.9. The van der Waals surface area contributed by atoms with Gasteiger partial charge in [0, 0.05) is 25.7 Å². The first-order chi connectivity index (χ1) is 8.85. The van der Waals surface area contributed by atoms with Crippen molar-refractivity contribution in [3.8, 4) is 0 Å². The molecule has 0 saturated carbocycles. The van der Waals surface area contributed by atoms with E-state index in [2.05, 4.69) is 22.5 Å². The Morgan fingerprint density at radius 2 is 2.21 bits per heavy atom. The highest BCUT2D eigenvalue weighted by molar-refractivity contribution is 7.91. The molecule has 0 radical (unpaired) electrons. The number of nitrogens with one attached hydrogen (secondary N) is 2. The molecule has 1 amide bonds. The van der Waals surface area contributed by atoms with Gasteiger partial charge < -0.3 is 10.6 Å². The molecule has 2 aliphatic heterocycles. The van der Waals surface area contributed by atoms with Crippen LogP contribution >= 0.6 is 11.6 Å². The zero-order valence-electron chi connectivity index (χ0n) is 10.9. The largest absolute Gasteiger partial charge is 0.350 e. The topological polar surface area (TPSA) is 78.5 Å². The number of carbonyl (C=O) groups is 1. The zero-order chi connectivity index (χ0) is 14.0. The van der Waals surface area contributed by atoms with Crippen LogP contribution in [0.2, 0.25) is 0 Å². The van der Waals surface area contributed by atoms with Gasteiger partial charge in [-0.15, -0.1) is 11.6 Å². The Morgan fingerprint density at radius 1 is 1.47 bits per heavy atom. The summed E-state index contributed by atoms with van der Waals surface area (Å²) in [5.74, 6) is -0.253. The highest BCUT2D eigenvalue weighted by atomic mass is 35.5. The van der Waals surface area contributed by atoms with Crippen LogP contribution in [0.5, 0.6) is 0 Å². The number of hydrogen-bond donors (Lipinski definition) is 2. The number of rotatable bonds is 3. The first-order valence-electron chi connectivity index (χ1n) is 6.45. The Hall–Kier alpha value is -0.370. The van der Waals surface area contributed by atoms with Crippen LogP contribution in [0.3, 0.4) is 0 Å². The van der Waals surface area contributed by atoms with Crippen molar-refractivity contribution in [3.63, 3.8) is 0 Å². The maximum Gasteiger partial charge on any atom is 0.234 e. The molecule has 0 aliphatic carbocycles. The fourth-order valence-corrected chi connectivity index (χ4v) is 5.10. The predicted molar refractivity (Wildman–Crippen MR) is 74.1 cm³/mol. The quantitative estimate of drug-likeness (QED) is 0.640. The molecule has 2 saturated heterocycles.